The van der Waals surface area contributed by atoms with Gasteiger partial charge in [0.15, 0.2) is 0 Å². The van der Waals surface area contributed by atoms with Crippen molar-refractivity contribution in [2.75, 3.05) is 18.6 Å². The molecule has 0 aliphatic rings. The van der Waals surface area contributed by atoms with Crippen LogP contribution in [0.1, 0.15) is 33.3 Å². The van der Waals surface area contributed by atoms with Crippen LogP contribution in [0.2, 0.25) is 0 Å². The molecule has 0 fully saturated rings. The van der Waals surface area contributed by atoms with E-state index < -0.39 is 0 Å². The van der Waals surface area contributed by atoms with E-state index >= 15 is 0 Å². The number of thiol groups is 1. The quantitative estimate of drug-likeness (QED) is 0.387. The molecule has 0 bridgehead atoms. The zero-order valence-electron chi connectivity index (χ0n) is 18.0. The number of nitrogens with one attached hydrogen (secondary N) is 1. The third kappa shape index (κ3) is 3.94. The Balaban J connectivity index is 2.21. The third-order valence-corrected chi connectivity index (χ3v) is 5.66. The predicted octanol–water partition coefficient (Wildman–Crippen LogP) is 5.25. The van der Waals surface area contributed by atoms with Gasteiger partial charge in [-0.3, -0.25) is 5.10 Å². The van der Waals surface area contributed by atoms with Gasteiger partial charge in [0.05, 0.1) is 18.5 Å². The molecule has 7 heteroatoms. The van der Waals surface area contributed by atoms with E-state index in [2.05, 4.69) is 54.6 Å². The van der Waals surface area contributed by atoms with Crippen molar-refractivity contribution >= 4 is 18.3 Å². The van der Waals surface area contributed by atoms with E-state index in [9.17, 15) is 10.2 Å². The van der Waals surface area contributed by atoms with Crippen LogP contribution in [0.15, 0.2) is 35.4 Å². The fourth-order valence-corrected chi connectivity index (χ4v) is 4.08. The number of benzene rings is 2. The first-order chi connectivity index (χ1) is 14.3. The molecule has 2 aromatic carbocycles. The third-order valence-electron chi connectivity index (χ3n) is 5.34. The Morgan fingerprint density at radius 3 is 2.47 bits per heavy atom. The van der Waals surface area contributed by atoms with E-state index in [-0.39, 0.29) is 11.5 Å². The Hall–Kier alpha value is -2.80. The Morgan fingerprint density at radius 1 is 1.13 bits per heavy atom. The standard InChI is InChI=1S/C23H29N3O3S/c1-6-14-10-16(19(28)12-18(14)27)22-21(23(30)25-24-22)15-8-9-20(29-5)17(11-15)26(7-2)13(3)4/h8-13,27-28H,6-7H2,1-5H3,(H2,24,25,30). The van der Waals surface area contributed by atoms with E-state index in [0.29, 0.717) is 28.7 Å². The van der Waals surface area contributed by atoms with E-state index in [1.165, 1.54) is 6.07 Å². The van der Waals surface area contributed by atoms with Crippen molar-refractivity contribution in [2.24, 2.45) is 0 Å². The summed E-state index contributed by atoms with van der Waals surface area (Å²) in [6, 6.07) is 9.41. The number of methoxy groups -OCH3 is 1. The van der Waals surface area contributed by atoms with Crippen LogP contribution < -0.4 is 9.64 Å². The van der Waals surface area contributed by atoms with Crippen LogP contribution in [0.3, 0.4) is 0 Å². The number of hydrogen-bond acceptors (Lipinski definition) is 6. The van der Waals surface area contributed by atoms with Gasteiger partial charge >= 0.3 is 0 Å². The second-order valence-electron chi connectivity index (χ2n) is 7.42. The lowest BCUT2D eigenvalue weighted by Crippen LogP contribution is -2.30. The highest BCUT2D eigenvalue weighted by Crippen LogP contribution is 2.43. The zero-order chi connectivity index (χ0) is 22.0. The van der Waals surface area contributed by atoms with E-state index in [1.54, 1.807) is 13.2 Å². The average Bonchev–Trinajstić information content (AvgIpc) is 3.09. The molecule has 3 N–H and O–H groups in total. The highest BCUT2D eigenvalue weighted by atomic mass is 32.1. The summed E-state index contributed by atoms with van der Waals surface area (Å²) in [5, 5.41) is 28.4. The molecule has 0 spiro atoms. The molecule has 0 atom stereocenters. The summed E-state index contributed by atoms with van der Waals surface area (Å²) in [7, 11) is 1.67. The second kappa shape index (κ2) is 8.92. The molecule has 1 heterocycles. The van der Waals surface area contributed by atoms with Gasteiger partial charge in [0.2, 0.25) is 0 Å². The Morgan fingerprint density at radius 2 is 1.87 bits per heavy atom. The maximum absolute atomic E-state index is 10.5. The van der Waals surface area contributed by atoms with Crippen LogP contribution in [-0.4, -0.2) is 40.1 Å². The van der Waals surface area contributed by atoms with Crippen molar-refractivity contribution in [3.05, 3.63) is 35.9 Å². The Kier molecular flexibility index (Phi) is 6.51. The van der Waals surface area contributed by atoms with E-state index in [4.69, 9.17) is 4.74 Å². The number of phenols is 2. The van der Waals surface area contributed by atoms with E-state index in [1.807, 2.05) is 19.1 Å². The minimum atomic E-state index is -0.0194. The van der Waals surface area contributed by atoms with Crippen LogP contribution in [0, 0.1) is 0 Å². The lowest BCUT2D eigenvalue weighted by molar-refractivity contribution is 0.413. The lowest BCUT2D eigenvalue weighted by atomic mass is 9.97. The molecular formula is C23H29N3O3S. The van der Waals surface area contributed by atoms with Crippen LogP contribution >= 0.6 is 12.6 Å². The van der Waals surface area contributed by atoms with E-state index in [0.717, 1.165) is 34.7 Å². The van der Waals surface area contributed by atoms with Gasteiger partial charge in [-0.25, -0.2) is 0 Å². The maximum Gasteiger partial charge on any atom is 0.142 e. The molecule has 1 aromatic heterocycles. The number of aryl methyl sites for hydroxylation is 1. The molecule has 3 rings (SSSR count). The minimum Gasteiger partial charge on any atom is -0.508 e. The van der Waals surface area contributed by atoms with Crippen molar-refractivity contribution in [3.8, 4) is 39.6 Å². The van der Waals surface area contributed by atoms with Crippen LogP contribution in [0.4, 0.5) is 5.69 Å². The second-order valence-corrected chi connectivity index (χ2v) is 7.84. The topological polar surface area (TPSA) is 81.6 Å². The highest BCUT2D eigenvalue weighted by Gasteiger charge is 2.21. The van der Waals surface area contributed by atoms with Gasteiger partial charge in [-0.15, -0.1) is 12.6 Å². The summed E-state index contributed by atoms with van der Waals surface area (Å²) in [5.74, 6) is 0.850. The molecule has 0 aliphatic carbocycles. The number of hydrogen-bond donors (Lipinski definition) is 4. The van der Waals surface area contributed by atoms with Crippen molar-refractivity contribution in [2.45, 2.75) is 45.2 Å². The predicted molar refractivity (Wildman–Crippen MR) is 124 cm³/mol. The molecule has 0 unspecified atom stereocenters. The van der Waals surface area contributed by atoms with Gasteiger partial charge < -0.3 is 19.8 Å². The molecule has 3 aromatic rings. The van der Waals surface area contributed by atoms with Crippen molar-refractivity contribution in [1.82, 2.24) is 10.2 Å². The molecule has 0 saturated carbocycles. The molecular weight excluding hydrogens is 398 g/mol. The SMILES string of the molecule is CCc1cc(-c2[nH]nc(S)c2-c2ccc(OC)c(N(CC)C(C)C)c2)c(O)cc1O. The zero-order valence-corrected chi connectivity index (χ0v) is 18.9. The lowest BCUT2D eigenvalue weighted by Gasteiger charge is -2.29. The number of anilines is 1. The first kappa shape index (κ1) is 21.9. The van der Waals surface area contributed by atoms with Crippen molar-refractivity contribution in [1.29, 1.82) is 0 Å². The number of H-pyrrole nitrogens is 1. The Bertz CT molecular complexity index is 1050. The largest absolute Gasteiger partial charge is 0.508 e. The van der Waals surface area contributed by atoms with Gasteiger partial charge in [0, 0.05) is 29.8 Å². The van der Waals surface area contributed by atoms with Crippen LogP contribution in [0.25, 0.3) is 22.4 Å². The minimum absolute atomic E-state index is 0.0194. The smallest absolute Gasteiger partial charge is 0.142 e. The number of aromatic amines is 1. The number of aromatic hydroxyl groups is 2. The van der Waals surface area contributed by atoms with Crippen LogP contribution in [0.5, 0.6) is 17.2 Å². The van der Waals surface area contributed by atoms with Gasteiger partial charge in [0.25, 0.3) is 0 Å². The number of aromatic nitrogens is 2. The number of rotatable bonds is 7. The summed E-state index contributed by atoms with van der Waals surface area (Å²) in [6.07, 6.45) is 0.642. The summed E-state index contributed by atoms with van der Waals surface area (Å²) in [5.41, 5.74) is 4.64. The normalized spacial score (nSPS) is 11.2. The molecule has 160 valence electrons. The van der Waals surface area contributed by atoms with Gasteiger partial charge in [-0.1, -0.05) is 13.0 Å². The van der Waals surface area contributed by atoms with Gasteiger partial charge in [-0.2, -0.15) is 5.10 Å². The summed E-state index contributed by atoms with van der Waals surface area (Å²) in [4.78, 5) is 2.26. The maximum atomic E-state index is 10.5. The molecule has 0 radical (unpaired) electrons. The van der Waals surface area contributed by atoms with Crippen molar-refractivity contribution < 1.29 is 14.9 Å². The number of ether oxygens (including phenoxy) is 1. The van der Waals surface area contributed by atoms with Crippen molar-refractivity contribution in [3.63, 3.8) is 0 Å². The number of nitrogens with zero attached hydrogens (tertiary/aromatic N) is 2. The fourth-order valence-electron chi connectivity index (χ4n) is 3.79. The monoisotopic (exact) mass is 427 g/mol. The molecule has 30 heavy (non-hydrogen) atoms. The Labute approximate surface area is 182 Å². The average molecular weight is 428 g/mol. The molecule has 0 saturated heterocycles. The van der Waals surface area contributed by atoms with Gasteiger partial charge in [-0.05, 0) is 56.5 Å². The first-order valence-electron chi connectivity index (χ1n) is 10.1. The highest BCUT2D eigenvalue weighted by molar-refractivity contribution is 7.80. The summed E-state index contributed by atoms with van der Waals surface area (Å²) < 4.78 is 5.61. The fraction of sp³-hybridized carbons (Fsp3) is 0.348. The van der Waals surface area contributed by atoms with Gasteiger partial charge in [0.1, 0.15) is 22.3 Å². The molecule has 0 amide bonds. The molecule has 0 aliphatic heterocycles. The summed E-state index contributed by atoms with van der Waals surface area (Å²) >= 11 is 4.56. The summed E-state index contributed by atoms with van der Waals surface area (Å²) in [6.45, 7) is 9.18. The van der Waals surface area contributed by atoms with Crippen LogP contribution in [-0.2, 0) is 6.42 Å². The number of phenolic OH excluding ortho intramolecular Hbond substituents is 2. The first-order valence-corrected chi connectivity index (χ1v) is 10.5. The molecule has 6 nitrogen and oxygen atoms in total.